The molecule has 0 fully saturated rings. The Hall–Kier alpha value is -1.84. The second-order valence-electron chi connectivity index (χ2n) is 8.34. The van der Waals surface area contributed by atoms with Crippen LogP contribution in [0.5, 0.6) is 0 Å². The van der Waals surface area contributed by atoms with Gasteiger partial charge in [-0.05, 0) is 44.2 Å². The van der Waals surface area contributed by atoms with E-state index in [4.69, 9.17) is 9.47 Å². The van der Waals surface area contributed by atoms with Crippen molar-refractivity contribution >= 4 is 11.9 Å². The molecule has 1 aromatic rings. The second kappa shape index (κ2) is 5.99. The van der Waals surface area contributed by atoms with Gasteiger partial charge in [-0.1, -0.05) is 32.9 Å². The fraction of sp³-hybridized carbons (Fsp3) is 0.579. The van der Waals surface area contributed by atoms with Crippen LogP contribution in [0.15, 0.2) is 18.2 Å². The molecular formula is C19H26O4. The van der Waals surface area contributed by atoms with Crippen molar-refractivity contribution in [2.75, 3.05) is 0 Å². The number of carbonyl (C=O) groups excluding carboxylic acids is 2. The third-order valence-electron chi connectivity index (χ3n) is 3.62. The summed E-state index contributed by atoms with van der Waals surface area (Å²) in [4.78, 5) is 24.3. The molecule has 4 nitrogen and oxygen atoms in total. The Kier molecular flexibility index (Phi) is 4.56. The van der Waals surface area contributed by atoms with Crippen LogP contribution >= 0.6 is 0 Å². The lowest BCUT2D eigenvalue weighted by molar-refractivity contribution is -0.157. The molecule has 0 bridgehead atoms. The minimum Gasteiger partial charge on any atom is -0.459 e. The Morgan fingerprint density at radius 1 is 1.22 bits per heavy atom. The van der Waals surface area contributed by atoms with Crippen LogP contribution in [0.1, 0.15) is 75.4 Å². The predicted molar refractivity (Wildman–Crippen MR) is 88.2 cm³/mol. The maximum Gasteiger partial charge on any atom is 0.338 e. The minimum absolute atomic E-state index is 0.0209. The number of fused-ring (bicyclic) bond motifs is 1. The van der Waals surface area contributed by atoms with Gasteiger partial charge in [0.05, 0.1) is 11.5 Å². The first-order chi connectivity index (χ1) is 10.5. The molecule has 0 aliphatic carbocycles. The minimum atomic E-state index is -0.525. The van der Waals surface area contributed by atoms with Gasteiger partial charge in [0, 0.05) is 5.56 Å². The van der Waals surface area contributed by atoms with Crippen LogP contribution in [0, 0.1) is 5.41 Å². The molecule has 1 atom stereocenters. The number of ether oxygens (including phenoxy) is 2. The van der Waals surface area contributed by atoms with Crippen LogP contribution in [-0.4, -0.2) is 17.5 Å². The van der Waals surface area contributed by atoms with Crippen molar-refractivity contribution in [3.8, 4) is 0 Å². The van der Waals surface area contributed by atoms with Crippen molar-refractivity contribution in [2.45, 2.75) is 66.1 Å². The third kappa shape index (κ3) is 4.57. The van der Waals surface area contributed by atoms with E-state index < -0.39 is 5.60 Å². The molecule has 126 valence electrons. The summed E-state index contributed by atoms with van der Waals surface area (Å²) in [5.74, 6) is -0.871. The topological polar surface area (TPSA) is 52.6 Å². The summed E-state index contributed by atoms with van der Waals surface area (Å²) in [6, 6.07) is 5.49. The van der Waals surface area contributed by atoms with Gasteiger partial charge in [-0.3, -0.25) is 4.79 Å². The monoisotopic (exact) mass is 318 g/mol. The number of hydrogen-bond acceptors (Lipinski definition) is 4. The Morgan fingerprint density at radius 2 is 1.87 bits per heavy atom. The van der Waals surface area contributed by atoms with Crippen molar-refractivity contribution in [1.82, 2.24) is 0 Å². The van der Waals surface area contributed by atoms with Crippen molar-refractivity contribution in [3.05, 3.63) is 34.9 Å². The van der Waals surface area contributed by atoms with Crippen LogP contribution < -0.4 is 0 Å². The van der Waals surface area contributed by atoms with Crippen molar-refractivity contribution in [3.63, 3.8) is 0 Å². The van der Waals surface area contributed by atoms with Crippen LogP contribution in [0.3, 0.4) is 0 Å². The van der Waals surface area contributed by atoms with Crippen molar-refractivity contribution in [1.29, 1.82) is 0 Å². The van der Waals surface area contributed by atoms with Gasteiger partial charge in [-0.2, -0.15) is 0 Å². The molecule has 0 N–H and O–H groups in total. The molecule has 1 aliphatic rings. The SMILES string of the molecule is CC(C)(C)C[C@@H](C(=O)OC(C)(C)C)c1ccc2c(c1)COC2=O. The average Bonchev–Trinajstić information content (AvgIpc) is 2.74. The molecule has 1 aliphatic heterocycles. The standard InChI is InChI=1S/C19H26O4/c1-18(2,3)10-15(17(21)23-19(4,5)6)12-7-8-14-13(9-12)11-22-16(14)20/h7-9,15H,10-11H2,1-6H3/t15-/m1/s1. The summed E-state index contributed by atoms with van der Waals surface area (Å²) < 4.78 is 10.6. The van der Waals surface area contributed by atoms with Gasteiger partial charge in [0.1, 0.15) is 12.2 Å². The van der Waals surface area contributed by atoms with E-state index >= 15 is 0 Å². The number of cyclic esters (lactones) is 1. The maximum atomic E-state index is 12.7. The molecule has 4 heteroatoms. The fourth-order valence-electron chi connectivity index (χ4n) is 2.69. The first-order valence-corrected chi connectivity index (χ1v) is 7.99. The average molecular weight is 318 g/mol. The summed E-state index contributed by atoms with van der Waals surface area (Å²) >= 11 is 0. The van der Waals surface area contributed by atoms with E-state index in [-0.39, 0.29) is 29.9 Å². The predicted octanol–water partition coefficient (Wildman–Crippen LogP) is 4.22. The Balaban J connectivity index is 2.34. The van der Waals surface area contributed by atoms with E-state index in [2.05, 4.69) is 20.8 Å². The largest absolute Gasteiger partial charge is 0.459 e. The van der Waals surface area contributed by atoms with Gasteiger partial charge < -0.3 is 9.47 Å². The lowest BCUT2D eigenvalue weighted by atomic mass is 9.81. The van der Waals surface area contributed by atoms with E-state index in [0.717, 1.165) is 11.1 Å². The highest BCUT2D eigenvalue weighted by atomic mass is 16.6. The molecule has 0 saturated carbocycles. The second-order valence-corrected chi connectivity index (χ2v) is 8.34. The van der Waals surface area contributed by atoms with E-state index in [0.29, 0.717) is 12.0 Å². The number of benzene rings is 1. The van der Waals surface area contributed by atoms with Crippen LogP contribution in [0.2, 0.25) is 0 Å². The fourth-order valence-corrected chi connectivity index (χ4v) is 2.69. The van der Waals surface area contributed by atoms with Gasteiger partial charge in [-0.15, -0.1) is 0 Å². The number of rotatable bonds is 3. The molecule has 23 heavy (non-hydrogen) atoms. The number of carbonyl (C=O) groups is 2. The summed E-state index contributed by atoms with van der Waals surface area (Å²) in [5.41, 5.74) is 1.77. The molecule has 0 unspecified atom stereocenters. The summed E-state index contributed by atoms with van der Waals surface area (Å²) in [6.45, 7) is 12.2. The molecule has 0 aromatic heterocycles. The van der Waals surface area contributed by atoms with Gasteiger partial charge in [0.15, 0.2) is 0 Å². The molecule has 0 spiro atoms. The first-order valence-electron chi connectivity index (χ1n) is 7.99. The lowest BCUT2D eigenvalue weighted by Gasteiger charge is -2.28. The number of esters is 2. The molecule has 1 heterocycles. The molecule has 1 aromatic carbocycles. The molecule has 0 saturated heterocycles. The zero-order chi connectivity index (χ0) is 17.4. The Labute approximate surface area is 138 Å². The van der Waals surface area contributed by atoms with Crippen LogP contribution in [0.25, 0.3) is 0 Å². The highest BCUT2D eigenvalue weighted by molar-refractivity contribution is 5.93. The van der Waals surface area contributed by atoms with Crippen molar-refractivity contribution < 1.29 is 19.1 Å². The number of hydrogen-bond donors (Lipinski definition) is 0. The van der Waals surface area contributed by atoms with E-state index in [1.807, 2.05) is 32.9 Å². The van der Waals surface area contributed by atoms with Gasteiger partial charge in [-0.25, -0.2) is 4.79 Å². The maximum absolute atomic E-state index is 12.7. The summed E-state index contributed by atoms with van der Waals surface area (Å²) in [5, 5.41) is 0. The van der Waals surface area contributed by atoms with E-state index in [1.54, 1.807) is 6.07 Å². The smallest absolute Gasteiger partial charge is 0.338 e. The molecule has 2 rings (SSSR count). The summed E-state index contributed by atoms with van der Waals surface area (Å²) in [7, 11) is 0. The Morgan fingerprint density at radius 3 is 2.43 bits per heavy atom. The van der Waals surface area contributed by atoms with Gasteiger partial charge in [0.25, 0.3) is 0 Å². The quantitative estimate of drug-likeness (QED) is 0.783. The van der Waals surface area contributed by atoms with Crippen LogP contribution in [0.4, 0.5) is 0 Å². The molecule has 0 radical (unpaired) electrons. The highest BCUT2D eigenvalue weighted by Crippen LogP contribution is 2.35. The highest BCUT2D eigenvalue weighted by Gasteiger charge is 2.32. The van der Waals surface area contributed by atoms with E-state index in [1.165, 1.54) is 0 Å². The van der Waals surface area contributed by atoms with Gasteiger partial charge in [0.2, 0.25) is 0 Å². The first kappa shape index (κ1) is 17.5. The van der Waals surface area contributed by atoms with Gasteiger partial charge >= 0.3 is 11.9 Å². The summed E-state index contributed by atoms with van der Waals surface area (Å²) in [6.07, 6.45) is 0.676. The Bertz CT molecular complexity index is 617. The van der Waals surface area contributed by atoms with E-state index in [9.17, 15) is 9.59 Å². The van der Waals surface area contributed by atoms with Crippen molar-refractivity contribution in [2.24, 2.45) is 5.41 Å². The lowest BCUT2D eigenvalue weighted by Crippen LogP contribution is -2.29. The normalized spacial score (nSPS) is 15.8. The van der Waals surface area contributed by atoms with Crippen LogP contribution in [-0.2, 0) is 20.9 Å². The third-order valence-corrected chi connectivity index (χ3v) is 3.62. The zero-order valence-electron chi connectivity index (χ0n) is 14.9. The zero-order valence-corrected chi connectivity index (χ0v) is 14.9. The molecular weight excluding hydrogens is 292 g/mol. The molecule has 0 amide bonds.